The van der Waals surface area contributed by atoms with E-state index in [4.69, 9.17) is 0 Å². The van der Waals surface area contributed by atoms with Crippen LogP contribution in [0.25, 0.3) is 0 Å². The first kappa shape index (κ1) is 13.3. The second-order valence-electron chi connectivity index (χ2n) is 8.52. The van der Waals surface area contributed by atoms with Crippen LogP contribution in [-0.4, -0.2) is 17.9 Å². The second-order valence-corrected chi connectivity index (χ2v) is 8.52. The minimum atomic E-state index is 0.122. The maximum absolute atomic E-state index is 13.0. The number of piperidine rings is 1. The predicted molar refractivity (Wildman–Crippen MR) is 80.5 cm³/mol. The summed E-state index contributed by atoms with van der Waals surface area (Å²) in [6, 6.07) is 1.08. The molecular weight excluding hydrogens is 246 g/mol. The summed E-state index contributed by atoms with van der Waals surface area (Å²) in [6.07, 6.45) is 12.6. The summed E-state index contributed by atoms with van der Waals surface area (Å²) in [7, 11) is 0. The molecule has 1 heterocycles. The summed E-state index contributed by atoms with van der Waals surface area (Å²) in [6.45, 7) is 2.27. The number of Topliss-reactive ketones (excluding diaryl/α,β-unsaturated/α-hetero) is 1. The molecule has 4 aliphatic carbocycles. The number of carbonyl (C=O) groups is 1. The molecule has 0 aromatic rings. The van der Waals surface area contributed by atoms with Crippen LogP contribution in [0, 0.1) is 23.2 Å². The fourth-order valence-corrected chi connectivity index (χ4v) is 6.29. The highest BCUT2D eigenvalue weighted by Crippen LogP contribution is 2.60. The lowest BCUT2D eigenvalue weighted by Gasteiger charge is -2.56. The van der Waals surface area contributed by atoms with Crippen molar-refractivity contribution in [3.63, 3.8) is 0 Å². The van der Waals surface area contributed by atoms with E-state index in [1.807, 2.05) is 0 Å². The molecular formula is C18H29NO. The van der Waals surface area contributed by atoms with E-state index in [-0.39, 0.29) is 5.41 Å². The van der Waals surface area contributed by atoms with Crippen LogP contribution in [0.15, 0.2) is 0 Å². The fourth-order valence-electron chi connectivity index (χ4n) is 6.29. The van der Waals surface area contributed by atoms with Crippen LogP contribution < -0.4 is 5.32 Å². The van der Waals surface area contributed by atoms with Crippen LogP contribution >= 0.6 is 0 Å². The van der Waals surface area contributed by atoms with E-state index in [0.717, 1.165) is 24.2 Å². The highest BCUT2D eigenvalue weighted by molar-refractivity contribution is 5.85. The molecule has 2 atom stereocenters. The van der Waals surface area contributed by atoms with Crippen molar-refractivity contribution in [3.8, 4) is 0 Å². The van der Waals surface area contributed by atoms with Crippen LogP contribution in [0.1, 0.15) is 71.1 Å². The average Bonchev–Trinajstić information content (AvgIpc) is 2.37. The third-order valence-electron chi connectivity index (χ3n) is 6.77. The molecule has 4 saturated carbocycles. The highest BCUT2D eigenvalue weighted by Gasteiger charge is 2.54. The maximum Gasteiger partial charge on any atom is 0.140 e. The van der Waals surface area contributed by atoms with E-state index in [2.05, 4.69) is 12.2 Å². The van der Waals surface area contributed by atoms with E-state index < -0.39 is 0 Å². The Hall–Kier alpha value is -0.370. The van der Waals surface area contributed by atoms with Gasteiger partial charge in [0.2, 0.25) is 0 Å². The van der Waals surface area contributed by atoms with Crippen molar-refractivity contribution in [1.29, 1.82) is 0 Å². The molecule has 5 fully saturated rings. The summed E-state index contributed by atoms with van der Waals surface area (Å²) >= 11 is 0. The van der Waals surface area contributed by atoms with Gasteiger partial charge in [0.1, 0.15) is 5.78 Å². The van der Waals surface area contributed by atoms with Gasteiger partial charge in [0, 0.05) is 23.9 Å². The maximum atomic E-state index is 13.0. The van der Waals surface area contributed by atoms with Crippen LogP contribution in [0.5, 0.6) is 0 Å². The van der Waals surface area contributed by atoms with Crippen molar-refractivity contribution in [2.45, 2.75) is 83.2 Å². The number of carbonyl (C=O) groups excluding carboxylic acids is 1. The third-order valence-corrected chi connectivity index (χ3v) is 6.77. The predicted octanol–water partition coefficient (Wildman–Crippen LogP) is 3.69. The summed E-state index contributed by atoms with van der Waals surface area (Å²) in [4.78, 5) is 13.0. The minimum Gasteiger partial charge on any atom is -0.311 e. The third kappa shape index (κ3) is 2.24. The van der Waals surface area contributed by atoms with Crippen molar-refractivity contribution in [2.75, 3.05) is 0 Å². The molecule has 112 valence electrons. The molecule has 2 nitrogen and oxygen atoms in total. The monoisotopic (exact) mass is 275 g/mol. The highest BCUT2D eigenvalue weighted by atomic mass is 16.1. The van der Waals surface area contributed by atoms with E-state index in [1.165, 1.54) is 57.8 Å². The lowest BCUT2D eigenvalue weighted by Crippen LogP contribution is -2.52. The Morgan fingerprint density at radius 2 is 1.65 bits per heavy atom. The lowest BCUT2D eigenvalue weighted by molar-refractivity contribution is -0.144. The molecule has 0 radical (unpaired) electrons. The summed E-state index contributed by atoms with van der Waals surface area (Å²) < 4.78 is 0. The quantitative estimate of drug-likeness (QED) is 0.851. The number of ketones is 1. The van der Waals surface area contributed by atoms with E-state index in [9.17, 15) is 4.79 Å². The van der Waals surface area contributed by atoms with Crippen molar-refractivity contribution in [3.05, 3.63) is 0 Å². The van der Waals surface area contributed by atoms with Gasteiger partial charge in [0.25, 0.3) is 0 Å². The van der Waals surface area contributed by atoms with Gasteiger partial charge in [-0.2, -0.15) is 0 Å². The topological polar surface area (TPSA) is 29.1 Å². The van der Waals surface area contributed by atoms with Crippen LogP contribution in [0.3, 0.4) is 0 Å². The molecule has 1 N–H and O–H groups in total. The molecule has 1 saturated heterocycles. The van der Waals surface area contributed by atoms with Gasteiger partial charge in [-0.15, -0.1) is 0 Å². The molecule has 4 bridgehead atoms. The van der Waals surface area contributed by atoms with Crippen molar-refractivity contribution < 1.29 is 4.79 Å². The molecule has 0 aromatic heterocycles. The first-order chi connectivity index (χ1) is 9.63. The lowest BCUT2D eigenvalue weighted by atomic mass is 9.48. The number of nitrogens with one attached hydrogen (secondary N) is 1. The molecule has 2 unspecified atom stereocenters. The average molecular weight is 275 g/mol. The van der Waals surface area contributed by atoms with Gasteiger partial charge < -0.3 is 5.32 Å². The van der Waals surface area contributed by atoms with Crippen molar-refractivity contribution >= 4 is 5.78 Å². The number of hydrogen-bond acceptors (Lipinski definition) is 2. The van der Waals surface area contributed by atoms with Crippen LogP contribution in [0.4, 0.5) is 0 Å². The van der Waals surface area contributed by atoms with Gasteiger partial charge in [-0.05, 0) is 76.0 Å². The number of hydrogen-bond donors (Lipinski definition) is 1. The van der Waals surface area contributed by atoms with Crippen LogP contribution in [-0.2, 0) is 4.79 Å². The Labute approximate surface area is 123 Å². The molecule has 5 aliphatic rings. The first-order valence-corrected chi connectivity index (χ1v) is 8.92. The minimum absolute atomic E-state index is 0.122. The standard InChI is InChI=1S/C18H29NO/c1-12-3-2-4-16(19-12)8-17(20)18-9-13-5-14(10-18)7-15(6-13)11-18/h12-16,19H,2-11H2,1H3. The smallest absolute Gasteiger partial charge is 0.140 e. The summed E-state index contributed by atoms with van der Waals surface area (Å²) in [5.74, 6) is 3.30. The largest absolute Gasteiger partial charge is 0.311 e. The molecule has 0 spiro atoms. The molecule has 5 rings (SSSR count). The Balaban J connectivity index is 1.45. The molecule has 1 aliphatic heterocycles. The van der Waals surface area contributed by atoms with Gasteiger partial charge in [-0.3, -0.25) is 4.79 Å². The second kappa shape index (κ2) is 4.83. The van der Waals surface area contributed by atoms with E-state index >= 15 is 0 Å². The zero-order valence-electron chi connectivity index (χ0n) is 12.9. The normalized spacial score (nSPS) is 50.4. The van der Waals surface area contributed by atoms with E-state index in [0.29, 0.717) is 17.9 Å². The zero-order chi connectivity index (χ0) is 13.7. The summed E-state index contributed by atoms with van der Waals surface area (Å²) in [5, 5.41) is 3.66. The SMILES string of the molecule is CC1CCCC(CC(=O)C23CC4CC(CC(C4)C2)C3)N1. The first-order valence-electron chi connectivity index (χ1n) is 8.92. The Morgan fingerprint density at radius 1 is 1.05 bits per heavy atom. The Bertz CT molecular complexity index is 367. The van der Waals surface area contributed by atoms with Gasteiger partial charge in [-0.1, -0.05) is 6.42 Å². The molecule has 20 heavy (non-hydrogen) atoms. The summed E-state index contributed by atoms with van der Waals surface area (Å²) in [5.41, 5.74) is 0.122. The van der Waals surface area contributed by atoms with Crippen LogP contribution in [0.2, 0.25) is 0 Å². The Morgan fingerprint density at radius 3 is 2.20 bits per heavy atom. The van der Waals surface area contributed by atoms with Crippen molar-refractivity contribution in [2.24, 2.45) is 23.2 Å². The molecule has 2 heteroatoms. The van der Waals surface area contributed by atoms with Crippen molar-refractivity contribution in [1.82, 2.24) is 5.32 Å². The van der Waals surface area contributed by atoms with Gasteiger partial charge in [0.15, 0.2) is 0 Å². The molecule has 0 aromatic carbocycles. The van der Waals surface area contributed by atoms with Gasteiger partial charge in [0.05, 0.1) is 0 Å². The van der Waals surface area contributed by atoms with Gasteiger partial charge in [-0.25, -0.2) is 0 Å². The van der Waals surface area contributed by atoms with Gasteiger partial charge >= 0.3 is 0 Å². The molecule has 0 amide bonds. The fraction of sp³-hybridized carbons (Fsp3) is 0.944. The van der Waals surface area contributed by atoms with E-state index in [1.54, 1.807) is 0 Å². The zero-order valence-corrected chi connectivity index (χ0v) is 12.9. The Kier molecular flexibility index (Phi) is 3.21. The number of rotatable bonds is 3.